The first-order chi connectivity index (χ1) is 8.13. The summed E-state index contributed by atoms with van der Waals surface area (Å²) in [7, 11) is 0. The zero-order chi connectivity index (χ0) is 12.4. The summed E-state index contributed by atoms with van der Waals surface area (Å²) in [5, 5.41) is 20.7. The number of benzene rings is 1. The maximum absolute atomic E-state index is 10.9. The summed E-state index contributed by atoms with van der Waals surface area (Å²) in [4.78, 5) is 10.4. The Morgan fingerprint density at radius 2 is 2.00 bits per heavy atom. The van der Waals surface area contributed by atoms with Crippen LogP contribution in [-0.4, -0.2) is 23.2 Å². The predicted molar refractivity (Wildman–Crippen MR) is 59.3 cm³/mol. The molecule has 0 aromatic heterocycles. The number of ether oxygens (including phenoxy) is 2. The van der Waals surface area contributed by atoms with Crippen LogP contribution in [0.2, 0.25) is 0 Å². The fraction of sp³-hybridized carbons (Fsp3) is 0.455. The van der Waals surface area contributed by atoms with Crippen molar-refractivity contribution < 1.29 is 19.5 Å². The van der Waals surface area contributed by atoms with Crippen molar-refractivity contribution in [2.24, 2.45) is 0 Å². The van der Waals surface area contributed by atoms with Gasteiger partial charge in [0.25, 0.3) is 5.69 Å². The summed E-state index contributed by atoms with van der Waals surface area (Å²) in [6, 6.07) is 2.80. The third-order valence-corrected chi connectivity index (χ3v) is 2.63. The molecule has 1 heterocycles. The molecular weight excluding hydrogens is 226 g/mol. The summed E-state index contributed by atoms with van der Waals surface area (Å²) in [5.74, 6) is 0.805. The van der Waals surface area contributed by atoms with Gasteiger partial charge in [-0.25, -0.2) is 0 Å². The number of hydrogen-bond acceptors (Lipinski definition) is 5. The highest BCUT2D eigenvalue weighted by atomic mass is 16.6. The average Bonchev–Trinajstić information content (AvgIpc) is 2.36. The van der Waals surface area contributed by atoms with Gasteiger partial charge in [-0.1, -0.05) is 6.92 Å². The van der Waals surface area contributed by atoms with Crippen LogP contribution < -0.4 is 9.47 Å². The Hall–Kier alpha value is -1.82. The van der Waals surface area contributed by atoms with Crippen LogP contribution in [0.3, 0.4) is 0 Å². The maximum atomic E-state index is 10.9. The van der Waals surface area contributed by atoms with Gasteiger partial charge < -0.3 is 14.6 Å². The Kier molecular flexibility index (Phi) is 3.14. The molecule has 6 heteroatoms. The quantitative estimate of drug-likeness (QED) is 0.642. The summed E-state index contributed by atoms with van der Waals surface area (Å²) in [6.45, 7) is 2.54. The van der Waals surface area contributed by atoms with Gasteiger partial charge in [0, 0.05) is 0 Å². The van der Waals surface area contributed by atoms with E-state index in [4.69, 9.17) is 9.47 Å². The molecule has 92 valence electrons. The lowest BCUT2D eigenvalue weighted by Crippen LogP contribution is -2.16. The second kappa shape index (κ2) is 4.58. The number of aliphatic hydroxyl groups excluding tert-OH is 1. The molecule has 0 spiro atoms. The number of aliphatic hydroxyl groups is 1. The summed E-state index contributed by atoms with van der Waals surface area (Å²) in [5.41, 5.74) is 0.130. The summed E-state index contributed by atoms with van der Waals surface area (Å²) >= 11 is 0. The fourth-order valence-corrected chi connectivity index (χ4v) is 1.74. The Morgan fingerprint density at radius 3 is 2.53 bits per heavy atom. The van der Waals surface area contributed by atoms with Crippen molar-refractivity contribution in [3.8, 4) is 11.5 Å². The van der Waals surface area contributed by atoms with Crippen LogP contribution >= 0.6 is 0 Å². The van der Waals surface area contributed by atoms with Gasteiger partial charge in [0.1, 0.15) is 13.2 Å². The zero-order valence-corrected chi connectivity index (χ0v) is 9.38. The van der Waals surface area contributed by atoms with E-state index in [1.807, 2.05) is 0 Å². The number of hydrogen-bond donors (Lipinski definition) is 1. The number of nitro groups is 1. The van der Waals surface area contributed by atoms with Crippen molar-refractivity contribution in [3.63, 3.8) is 0 Å². The smallest absolute Gasteiger partial charge is 0.279 e. The van der Waals surface area contributed by atoms with Crippen LogP contribution in [0.15, 0.2) is 12.1 Å². The van der Waals surface area contributed by atoms with Gasteiger partial charge in [-0.3, -0.25) is 10.1 Å². The fourth-order valence-electron chi connectivity index (χ4n) is 1.74. The Balaban J connectivity index is 2.51. The third kappa shape index (κ3) is 2.16. The summed E-state index contributed by atoms with van der Waals surface area (Å²) in [6.07, 6.45) is -0.466. The molecule has 0 bridgehead atoms. The lowest BCUT2D eigenvalue weighted by atomic mass is 10.0. The van der Waals surface area contributed by atoms with Crippen LogP contribution in [0.5, 0.6) is 11.5 Å². The Morgan fingerprint density at radius 1 is 1.41 bits per heavy atom. The average molecular weight is 239 g/mol. The molecule has 6 nitrogen and oxygen atoms in total. The van der Waals surface area contributed by atoms with Crippen LogP contribution in [0, 0.1) is 10.1 Å². The molecule has 1 aromatic carbocycles. The van der Waals surface area contributed by atoms with Gasteiger partial charge in [-0.05, 0) is 12.5 Å². The van der Waals surface area contributed by atoms with Gasteiger partial charge in [0.05, 0.1) is 22.7 Å². The van der Waals surface area contributed by atoms with Crippen LogP contribution in [-0.2, 0) is 0 Å². The minimum absolute atomic E-state index is 0.136. The predicted octanol–water partition coefficient (Wildman–Crippen LogP) is 1.81. The van der Waals surface area contributed by atoms with Gasteiger partial charge in [0.2, 0.25) is 0 Å². The monoisotopic (exact) mass is 239 g/mol. The van der Waals surface area contributed by atoms with E-state index in [2.05, 4.69) is 0 Å². The van der Waals surface area contributed by atoms with Crippen molar-refractivity contribution in [3.05, 3.63) is 27.8 Å². The molecule has 0 aliphatic carbocycles. The highest BCUT2D eigenvalue weighted by molar-refractivity contribution is 5.55. The first kappa shape index (κ1) is 11.7. The van der Waals surface area contributed by atoms with Gasteiger partial charge >= 0.3 is 0 Å². The van der Waals surface area contributed by atoms with Crippen molar-refractivity contribution >= 4 is 5.69 Å². The molecule has 17 heavy (non-hydrogen) atoms. The minimum atomic E-state index is -0.869. The second-order valence-electron chi connectivity index (χ2n) is 3.74. The standard InChI is InChI=1S/C11H13NO5/c1-2-9(13)7-5-10-11(17-4-3-16-10)6-8(7)12(14)15/h5-6,9,13H,2-4H2,1H3/t9-/m1/s1. The van der Waals surface area contributed by atoms with E-state index in [0.29, 0.717) is 31.1 Å². The molecule has 0 amide bonds. The molecular formula is C11H13NO5. The number of nitro benzene ring substituents is 1. The lowest BCUT2D eigenvalue weighted by Gasteiger charge is -2.20. The Bertz CT molecular complexity index is 446. The summed E-state index contributed by atoms with van der Waals surface area (Å²) < 4.78 is 10.6. The van der Waals surface area contributed by atoms with Crippen molar-refractivity contribution in [2.75, 3.05) is 13.2 Å². The highest BCUT2D eigenvalue weighted by Gasteiger charge is 2.25. The lowest BCUT2D eigenvalue weighted by molar-refractivity contribution is -0.386. The molecule has 0 fully saturated rings. The number of rotatable bonds is 3. The first-order valence-electron chi connectivity index (χ1n) is 5.39. The van der Waals surface area contributed by atoms with E-state index >= 15 is 0 Å². The first-order valence-corrected chi connectivity index (χ1v) is 5.39. The normalized spacial score (nSPS) is 15.4. The molecule has 0 saturated carbocycles. The molecule has 0 saturated heterocycles. The van der Waals surface area contributed by atoms with E-state index < -0.39 is 11.0 Å². The Labute approximate surface area is 97.9 Å². The van der Waals surface area contributed by atoms with Gasteiger partial charge in [-0.15, -0.1) is 0 Å². The molecule has 0 radical (unpaired) electrons. The minimum Gasteiger partial charge on any atom is -0.486 e. The maximum Gasteiger partial charge on any atom is 0.279 e. The molecule has 1 aliphatic rings. The number of nitrogens with zero attached hydrogens (tertiary/aromatic N) is 1. The van der Waals surface area contributed by atoms with Crippen LogP contribution in [0.1, 0.15) is 25.0 Å². The highest BCUT2D eigenvalue weighted by Crippen LogP contribution is 2.39. The van der Waals surface area contributed by atoms with Crippen LogP contribution in [0.25, 0.3) is 0 Å². The molecule has 1 atom stereocenters. The van der Waals surface area contributed by atoms with E-state index in [0.717, 1.165) is 0 Å². The van der Waals surface area contributed by atoms with Crippen LogP contribution in [0.4, 0.5) is 5.69 Å². The number of fused-ring (bicyclic) bond motifs is 1. The van der Waals surface area contributed by atoms with Crippen molar-refractivity contribution in [1.82, 2.24) is 0 Å². The van der Waals surface area contributed by atoms with Gasteiger partial charge in [0.15, 0.2) is 11.5 Å². The topological polar surface area (TPSA) is 81.8 Å². The SMILES string of the molecule is CC[C@@H](O)c1cc2c(cc1[N+](=O)[O-])OCCO2. The molecule has 1 N–H and O–H groups in total. The second-order valence-corrected chi connectivity index (χ2v) is 3.74. The zero-order valence-electron chi connectivity index (χ0n) is 9.38. The van der Waals surface area contributed by atoms with E-state index in [-0.39, 0.29) is 11.3 Å². The third-order valence-electron chi connectivity index (χ3n) is 2.63. The largest absolute Gasteiger partial charge is 0.486 e. The van der Waals surface area contributed by atoms with Gasteiger partial charge in [-0.2, -0.15) is 0 Å². The molecule has 2 rings (SSSR count). The van der Waals surface area contributed by atoms with E-state index in [9.17, 15) is 15.2 Å². The van der Waals surface area contributed by atoms with Crippen molar-refractivity contribution in [2.45, 2.75) is 19.4 Å². The van der Waals surface area contributed by atoms with E-state index in [1.165, 1.54) is 12.1 Å². The van der Waals surface area contributed by atoms with Crippen molar-refractivity contribution in [1.29, 1.82) is 0 Å². The molecule has 1 aromatic rings. The van der Waals surface area contributed by atoms with E-state index in [1.54, 1.807) is 6.92 Å². The molecule has 0 unspecified atom stereocenters. The molecule has 1 aliphatic heterocycles.